The molecule has 0 aromatic carbocycles. The molecule has 1 rings (SSSR count). The molecule has 66 valence electrons. The van der Waals surface area contributed by atoms with Gasteiger partial charge in [-0.3, -0.25) is 4.79 Å². The highest BCUT2D eigenvalue weighted by Gasteiger charge is 2.43. The van der Waals surface area contributed by atoms with Crippen molar-refractivity contribution in [2.45, 2.75) is 24.5 Å². The molecule has 5 nitrogen and oxygen atoms in total. The van der Waals surface area contributed by atoms with Crippen LogP contribution in [0.4, 0.5) is 0 Å². The van der Waals surface area contributed by atoms with E-state index in [4.69, 9.17) is 17.3 Å². The summed E-state index contributed by atoms with van der Waals surface area (Å²) in [6.45, 7) is 0. The van der Waals surface area contributed by atoms with Crippen LogP contribution in [0, 0.1) is 12.3 Å². The molecule has 0 radical (unpaired) electrons. The number of rotatable bonds is 4. The van der Waals surface area contributed by atoms with Gasteiger partial charge in [-0.25, -0.2) is 10.9 Å². The number of carbonyl (C=O) groups is 1. The first-order valence-corrected chi connectivity index (χ1v) is 3.56. The van der Waals surface area contributed by atoms with Gasteiger partial charge in [-0.05, 0) is 0 Å². The van der Waals surface area contributed by atoms with E-state index in [0.29, 0.717) is 12.8 Å². The molecule has 0 unspecified atom stereocenters. The first-order valence-electron chi connectivity index (χ1n) is 3.56. The Hall–Kier alpha value is -1.09. The Morgan fingerprint density at radius 1 is 1.75 bits per heavy atom. The van der Waals surface area contributed by atoms with Crippen LogP contribution >= 0.6 is 0 Å². The summed E-state index contributed by atoms with van der Waals surface area (Å²) in [5.41, 5.74) is 10.5. The van der Waals surface area contributed by atoms with E-state index in [1.165, 1.54) is 0 Å². The molecule has 0 aliphatic carbocycles. The van der Waals surface area contributed by atoms with Gasteiger partial charge < -0.3 is 10.8 Å². The van der Waals surface area contributed by atoms with Crippen molar-refractivity contribution in [3.63, 3.8) is 0 Å². The summed E-state index contributed by atoms with van der Waals surface area (Å²) >= 11 is 0. The molecule has 1 aliphatic heterocycles. The quantitative estimate of drug-likeness (QED) is 0.306. The standard InChI is InChI=1S/C7H11N3O2/c1-2-3-7(9-10-7)4-5(8)6(11)12/h1,5,9-10H,3-4,8H2,(H,11,12)/t5-/m0/s1. The second-order valence-electron chi connectivity index (χ2n) is 2.86. The Morgan fingerprint density at radius 2 is 2.33 bits per heavy atom. The van der Waals surface area contributed by atoms with Crippen LogP contribution in [0.15, 0.2) is 0 Å². The molecular weight excluding hydrogens is 158 g/mol. The molecule has 12 heavy (non-hydrogen) atoms. The van der Waals surface area contributed by atoms with E-state index in [2.05, 4.69) is 16.8 Å². The van der Waals surface area contributed by atoms with E-state index < -0.39 is 17.7 Å². The molecular formula is C7H11N3O2. The van der Waals surface area contributed by atoms with Crippen LogP contribution in [0.3, 0.4) is 0 Å². The molecule has 5 N–H and O–H groups in total. The summed E-state index contributed by atoms with van der Waals surface area (Å²) in [4.78, 5) is 10.4. The van der Waals surface area contributed by atoms with Crippen molar-refractivity contribution in [3.05, 3.63) is 0 Å². The van der Waals surface area contributed by atoms with Gasteiger partial charge in [0, 0.05) is 12.8 Å². The second-order valence-corrected chi connectivity index (χ2v) is 2.86. The van der Waals surface area contributed by atoms with E-state index in [-0.39, 0.29) is 0 Å². The van der Waals surface area contributed by atoms with Gasteiger partial charge in [0.1, 0.15) is 11.7 Å². The minimum Gasteiger partial charge on any atom is -0.480 e. The van der Waals surface area contributed by atoms with Gasteiger partial charge in [0.2, 0.25) is 0 Å². The third-order valence-electron chi connectivity index (χ3n) is 1.77. The van der Waals surface area contributed by atoms with Gasteiger partial charge in [0.25, 0.3) is 0 Å². The largest absolute Gasteiger partial charge is 0.480 e. The van der Waals surface area contributed by atoms with Crippen molar-refractivity contribution in [2.75, 3.05) is 0 Å². The lowest BCUT2D eigenvalue weighted by atomic mass is 10.0. The predicted octanol–water partition coefficient (Wildman–Crippen LogP) is -1.38. The van der Waals surface area contributed by atoms with Gasteiger partial charge in [-0.1, -0.05) is 0 Å². The van der Waals surface area contributed by atoms with Crippen molar-refractivity contribution in [1.82, 2.24) is 10.9 Å². The number of terminal acetylenes is 1. The SMILES string of the molecule is C#CCC1(C[C@H](N)C(=O)O)NN1. The average Bonchev–Trinajstić information content (AvgIpc) is 2.69. The number of hydrogen-bond acceptors (Lipinski definition) is 4. The zero-order valence-electron chi connectivity index (χ0n) is 6.50. The Morgan fingerprint density at radius 3 is 2.67 bits per heavy atom. The summed E-state index contributed by atoms with van der Waals surface area (Å²) in [5.74, 6) is 1.43. The molecule has 0 aromatic heterocycles. The molecule has 0 bridgehead atoms. The average molecular weight is 169 g/mol. The van der Waals surface area contributed by atoms with Crippen LogP contribution in [0.2, 0.25) is 0 Å². The van der Waals surface area contributed by atoms with Crippen molar-refractivity contribution in [3.8, 4) is 12.3 Å². The highest BCUT2D eigenvalue weighted by molar-refractivity contribution is 5.73. The maximum absolute atomic E-state index is 10.4. The molecule has 1 aliphatic rings. The van der Waals surface area contributed by atoms with Gasteiger partial charge >= 0.3 is 5.97 Å². The summed E-state index contributed by atoms with van der Waals surface area (Å²) in [7, 11) is 0. The molecule has 0 spiro atoms. The maximum atomic E-state index is 10.4. The zero-order chi connectivity index (χ0) is 9.19. The molecule has 0 aromatic rings. The van der Waals surface area contributed by atoms with Crippen LogP contribution in [-0.4, -0.2) is 22.8 Å². The number of aliphatic carboxylic acids is 1. The van der Waals surface area contributed by atoms with E-state index in [0.717, 1.165) is 0 Å². The molecule has 0 saturated carbocycles. The highest BCUT2D eigenvalue weighted by Crippen LogP contribution is 2.20. The Kier molecular flexibility index (Phi) is 2.33. The fourth-order valence-electron chi connectivity index (χ4n) is 0.988. The van der Waals surface area contributed by atoms with Crippen molar-refractivity contribution < 1.29 is 9.90 Å². The molecule has 1 fully saturated rings. The Balaban J connectivity index is 2.41. The van der Waals surface area contributed by atoms with Gasteiger partial charge in [0.05, 0.1) is 0 Å². The fourth-order valence-corrected chi connectivity index (χ4v) is 0.988. The van der Waals surface area contributed by atoms with Crippen LogP contribution < -0.4 is 16.6 Å². The van der Waals surface area contributed by atoms with Crippen molar-refractivity contribution >= 4 is 5.97 Å². The summed E-state index contributed by atoms with van der Waals surface area (Å²) < 4.78 is 0. The first kappa shape index (κ1) is 9.00. The molecule has 0 amide bonds. The van der Waals surface area contributed by atoms with Crippen LogP contribution in [-0.2, 0) is 4.79 Å². The normalized spacial score (nSPS) is 21.0. The lowest BCUT2D eigenvalue weighted by molar-refractivity contribution is -0.138. The topological polar surface area (TPSA) is 107 Å². The molecule has 1 heterocycles. The molecule has 1 atom stereocenters. The van der Waals surface area contributed by atoms with E-state index in [9.17, 15) is 4.79 Å². The Bertz CT molecular complexity index is 229. The lowest BCUT2D eigenvalue weighted by Crippen LogP contribution is -2.37. The van der Waals surface area contributed by atoms with Crippen molar-refractivity contribution in [2.24, 2.45) is 5.73 Å². The minimum atomic E-state index is -1.01. The number of hydrazine groups is 1. The summed E-state index contributed by atoms with van der Waals surface area (Å²) in [5, 5.41) is 8.51. The summed E-state index contributed by atoms with van der Waals surface area (Å²) in [6.07, 6.45) is 5.82. The maximum Gasteiger partial charge on any atom is 0.320 e. The van der Waals surface area contributed by atoms with Crippen LogP contribution in [0.1, 0.15) is 12.8 Å². The second kappa shape index (κ2) is 3.11. The third kappa shape index (κ3) is 1.95. The number of hydrogen-bond donors (Lipinski definition) is 4. The van der Waals surface area contributed by atoms with Crippen LogP contribution in [0.5, 0.6) is 0 Å². The number of nitrogens with two attached hydrogens (primary N) is 1. The van der Waals surface area contributed by atoms with Crippen LogP contribution in [0.25, 0.3) is 0 Å². The minimum absolute atomic E-state index is 0.298. The van der Waals surface area contributed by atoms with E-state index >= 15 is 0 Å². The van der Waals surface area contributed by atoms with E-state index in [1.807, 2.05) is 0 Å². The third-order valence-corrected chi connectivity index (χ3v) is 1.77. The zero-order valence-corrected chi connectivity index (χ0v) is 6.50. The van der Waals surface area contributed by atoms with E-state index in [1.54, 1.807) is 0 Å². The van der Waals surface area contributed by atoms with Gasteiger partial charge in [0.15, 0.2) is 0 Å². The smallest absolute Gasteiger partial charge is 0.320 e. The monoisotopic (exact) mass is 169 g/mol. The Labute approximate surface area is 70.3 Å². The number of nitrogens with one attached hydrogen (secondary N) is 2. The first-order chi connectivity index (χ1) is 5.59. The van der Waals surface area contributed by atoms with Crippen molar-refractivity contribution in [1.29, 1.82) is 0 Å². The highest BCUT2D eigenvalue weighted by atomic mass is 16.4. The van der Waals surface area contributed by atoms with Gasteiger partial charge in [-0.2, -0.15) is 0 Å². The predicted molar refractivity (Wildman–Crippen MR) is 42.7 cm³/mol. The molecule has 5 heteroatoms. The molecule has 1 saturated heterocycles. The fraction of sp³-hybridized carbons (Fsp3) is 0.571. The lowest BCUT2D eigenvalue weighted by Gasteiger charge is -2.11. The summed E-state index contributed by atoms with van der Waals surface area (Å²) in [6, 6.07) is -0.874. The van der Waals surface area contributed by atoms with Gasteiger partial charge in [-0.15, -0.1) is 12.3 Å². The number of carboxylic acid groups (broad SMARTS) is 1. The number of carboxylic acids is 1.